The van der Waals surface area contributed by atoms with E-state index >= 15 is 0 Å². The number of hydrogen-bond donors (Lipinski definition) is 0. The number of ether oxygens (including phenoxy) is 1. The molecule has 1 aliphatic rings. The zero-order valence-electron chi connectivity index (χ0n) is 20.3. The van der Waals surface area contributed by atoms with E-state index in [1.807, 2.05) is 48.5 Å². The SMILES string of the molecule is CC/C=C\CC1C(=O)CCC1CC(=O)OCc1ccc(N(c2ccccc2)c2ccccc2)cc1. The topological polar surface area (TPSA) is 46.6 Å². The summed E-state index contributed by atoms with van der Waals surface area (Å²) in [5, 5.41) is 0. The highest BCUT2D eigenvalue weighted by Gasteiger charge is 2.35. The fourth-order valence-corrected chi connectivity index (χ4v) is 4.73. The Balaban J connectivity index is 1.38. The summed E-state index contributed by atoms with van der Waals surface area (Å²) < 4.78 is 5.59. The van der Waals surface area contributed by atoms with Gasteiger partial charge in [-0.25, -0.2) is 0 Å². The second-order valence-corrected chi connectivity index (χ2v) is 9.02. The van der Waals surface area contributed by atoms with Gasteiger partial charge < -0.3 is 9.64 Å². The highest BCUT2D eigenvalue weighted by molar-refractivity contribution is 5.84. The van der Waals surface area contributed by atoms with Gasteiger partial charge in [-0.05, 0) is 67.1 Å². The third-order valence-electron chi connectivity index (χ3n) is 6.59. The summed E-state index contributed by atoms with van der Waals surface area (Å²) in [7, 11) is 0. The average Bonchev–Trinajstić information content (AvgIpc) is 3.24. The number of nitrogens with zero attached hydrogens (tertiary/aromatic N) is 1. The average molecular weight is 468 g/mol. The zero-order chi connectivity index (χ0) is 24.5. The number of anilines is 3. The molecule has 1 aliphatic carbocycles. The number of para-hydroxylation sites is 2. The van der Waals surface area contributed by atoms with Gasteiger partial charge in [0.25, 0.3) is 0 Å². The normalized spacial score (nSPS) is 17.6. The van der Waals surface area contributed by atoms with Gasteiger partial charge in [-0.3, -0.25) is 9.59 Å². The van der Waals surface area contributed by atoms with Crippen molar-refractivity contribution in [3.8, 4) is 0 Å². The van der Waals surface area contributed by atoms with E-state index in [1.54, 1.807) is 0 Å². The molecule has 35 heavy (non-hydrogen) atoms. The smallest absolute Gasteiger partial charge is 0.306 e. The van der Waals surface area contributed by atoms with E-state index < -0.39 is 0 Å². The van der Waals surface area contributed by atoms with E-state index in [2.05, 4.69) is 60.4 Å². The summed E-state index contributed by atoms with van der Waals surface area (Å²) in [6, 6.07) is 28.6. The Hall–Kier alpha value is -3.66. The Morgan fingerprint density at radius 2 is 1.49 bits per heavy atom. The van der Waals surface area contributed by atoms with Gasteiger partial charge in [0.15, 0.2) is 0 Å². The molecule has 0 spiro atoms. The van der Waals surface area contributed by atoms with Crippen molar-refractivity contribution in [1.29, 1.82) is 0 Å². The third kappa shape index (κ3) is 6.48. The van der Waals surface area contributed by atoms with Crippen molar-refractivity contribution in [3.63, 3.8) is 0 Å². The van der Waals surface area contributed by atoms with Crippen LogP contribution in [-0.2, 0) is 20.9 Å². The summed E-state index contributed by atoms with van der Waals surface area (Å²) in [5.74, 6) is 0.0877. The maximum Gasteiger partial charge on any atom is 0.306 e. The van der Waals surface area contributed by atoms with Crippen molar-refractivity contribution in [1.82, 2.24) is 0 Å². The molecular weight excluding hydrogens is 434 g/mol. The minimum absolute atomic E-state index is 0.0495. The predicted octanol–water partition coefficient (Wildman–Crippen LogP) is 7.54. The molecule has 0 N–H and O–H groups in total. The van der Waals surface area contributed by atoms with Crippen LogP contribution in [0.25, 0.3) is 0 Å². The summed E-state index contributed by atoms with van der Waals surface area (Å²) in [6.45, 7) is 2.31. The molecule has 4 heteroatoms. The van der Waals surface area contributed by atoms with Crippen molar-refractivity contribution >= 4 is 28.8 Å². The number of hydrogen-bond acceptors (Lipinski definition) is 4. The largest absolute Gasteiger partial charge is 0.461 e. The van der Waals surface area contributed by atoms with Crippen LogP contribution in [0.5, 0.6) is 0 Å². The molecule has 3 aromatic rings. The molecule has 0 aromatic heterocycles. The van der Waals surface area contributed by atoms with E-state index in [0.717, 1.165) is 41.9 Å². The van der Waals surface area contributed by atoms with Crippen LogP contribution in [-0.4, -0.2) is 11.8 Å². The number of ketones is 1. The minimum Gasteiger partial charge on any atom is -0.461 e. The first-order valence-corrected chi connectivity index (χ1v) is 12.5. The van der Waals surface area contributed by atoms with Crippen LogP contribution < -0.4 is 4.90 Å². The Morgan fingerprint density at radius 3 is 2.09 bits per heavy atom. The molecule has 0 bridgehead atoms. The number of rotatable bonds is 10. The highest BCUT2D eigenvalue weighted by Crippen LogP contribution is 2.35. The maximum absolute atomic E-state index is 12.5. The molecule has 0 saturated heterocycles. The van der Waals surface area contributed by atoms with Crippen LogP contribution >= 0.6 is 0 Å². The molecule has 180 valence electrons. The first kappa shape index (κ1) is 24.5. The molecule has 0 aliphatic heterocycles. The molecule has 1 fully saturated rings. The lowest BCUT2D eigenvalue weighted by Gasteiger charge is -2.25. The predicted molar refractivity (Wildman–Crippen MR) is 141 cm³/mol. The molecule has 1 saturated carbocycles. The van der Waals surface area contributed by atoms with Crippen molar-refractivity contribution in [3.05, 3.63) is 103 Å². The molecule has 0 amide bonds. The lowest BCUT2D eigenvalue weighted by molar-refractivity contribution is -0.146. The zero-order valence-corrected chi connectivity index (χ0v) is 20.3. The Kier molecular flexibility index (Phi) is 8.50. The van der Waals surface area contributed by atoms with Gasteiger partial charge in [0, 0.05) is 35.8 Å². The maximum atomic E-state index is 12.5. The van der Waals surface area contributed by atoms with E-state index in [1.165, 1.54) is 0 Å². The molecule has 0 heterocycles. The van der Waals surface area contributed by atoms with Crippen LogP contribution in [0, 0.1) is 11.8 Å². The van der Waals surface area contributed by atoms with Gasteiger partial charge in [-0.1, -0.05) is 67.6 Å². The summed E-state index contributed by atoms with van der Waals surface area (Å²) in [4.78, 5) is 27.0. The molecule has 4 nitrogen and oxygen atoms in total. The summed E-state index contributed by atoms with van der Waals surface area (Å²) in [6.07, 6.45) is 7.51. The number of carbonyl (C=O) groups excluding carboxylic acids is 2. The standard InChI is InChI=1S/C31H33NO3/c1-2-3-6-15-29-25(18-21-30(29)33)22-31(34)35-23-24-16-19-28(20-17-24)32(26-11-7-4-8-12-26)27-13-9-5-10-14-27/h3-14,16-17,19-20,25,29H,2,15,18,21-23H2,1H3/b6-3-. The van der Waals surface area contributed by atoms with Gasteiger partial charge in [-0.2, -0.15) is 0 Å². The van der Waals surface area contributed by atoms with Gasteiger partial charge in [0.2, 0.25) is 0 Å². The lowest BCUT2D eigenvalue weighted by atomic mass is 9.89. The second-order valence-electron chi connectivity index (χ2n) is 9.02. The minimum atomic E-state index is -0.228. The summed E-state index contributed by atoms with van der Waals surface area (Å²) >= 11 is 0. The lowest BCUT2D eigenvalue weighted by Crippen LogP contribution is -2.18. The van der Waals surface area contributed by atoms with Gasteiger partial charge >= 0.3 is 5.97 Å². The number of Topliss-reactive ketones (excluding diaryl/α,β-unsaturated/α-hetero) is 1. The fraction of sp³-hybridized carbons (Fsp3) is 0.290. The van der Waals surface area contributed by atoms with Crippen molar-refractivity contribution in [2.45, 2.75) is 45.6 Å². The number of carbonyl (C=O) groups is 2. The Labute approximate surface area is 208 Å². The second kappa shape index (κ2) is 12.2. The van der Waals surface area contributed by atoms with Crippen molar-refractivity contribution in [2.75, 3.05) is 4.90 Å². The number of allylic oxidation sites excluding steroid dienone is 2. The number of esters is 1. The Morgan fingerprint density at radius 1 is 0.886 bits per heavy atom. The van der Waals surface area contributed by atoms with Crippen LogP contribution in [0.3, 0.4) is 0 Å². The van der Waals surface area contributed by atoms with E-state index in [9.17, 15) is 9.59 Å². The van der Waals surface area contributed by atoms with Crippen molar-refractivity contribution < 1.29 is 14.3 Å². The molecular formula is C31H33NO3. The first-order valence-electron chi connectivity index (χ1n) is 12.5. The molecule has 2 unspecified atom stereocenters. The molecule has 2 atom stereocenters. The van der Waals surface area contributed by atoms with Crippen LogP contribution in [0.2, 0.25) is 0 Å². The fourth-order valence-electron chi connectivity index (χ4n) is 4.73. The van der Waals surface area contributed by atoms with Gasteiger partial charge in [0.05, 0.1) is 0 Å². The van der Waals surface area contributed by atoms with Crippen molar-refractivity contribution in [2.24, 2.45) is 11.8 Å². The first-order chi connectivity index (χ1) is 17.2. The van der Waals surface area contributed by atoms with Crippen LogP contribution in [0.4, 0.5) is 17.1 Å². The van der Waals surface area contributed by atoms with Gasteiger partial charge in [-0.15, -0.1) is 0 Å². The molecule has 3 aromatic carbocycles. The summed E-state index contributed by atoms with van der Waals surface area (Å²) in [5.41, 5.74) is 4.12. The van der Waals surface area contributed by atoms with Crippen LogP contribution in [0.1, 0.15) is 44.6 Å². The van der Waals surface area contributed by atoms with E-state index in [-0.39, 0.29) is 30.2 Å². The van der Waals surface area contributed by atoms with E-state index in [0.29, 0.717) is 12.8 Å². The Bertz CT molecular complexity index is 1080. The third-order valence-corrected chi connectivity index (χ3v) is 6.59. The van der Waals surface area contributed by atoms with Crippen LogP contribution in [0.15, 0.2) is 97.1 Å². The van der Waals surface area contributed by atoms with Gasteiger partial charge in [0.1, 0.15) is 12.4 Å². The van der Waals surface area contributed by atoms with E-state index in [4.69, 9.17) is 4.74 Å². The molecule has 0 radical (unpaired) electrons. The quantitative estimate of drug-likeness (QED) is 0.228. The monoisotopic (exact) mass is 467 g/mol. The highest BCUT2D eigenvalue weighted by atomic mass is 16.5. The molecule has 4 rings (SSSR count). The number of benzene rings is 3.